The number of hydrogen-bond acceptors (Lipinski definition) is 5. The summed E-state index contributed by atoms with van der Waals surface area (Å²) >= 11 is 0. The predicted molar refractivity (Wildman–Crippen MR) is 79.8 cm³/mol. The minimum absolute atomic E-state index is 0.0980. The molecule has 2 aliphatic rings. The highest BCUT2D eigenvalue weighted by Gasteiger charge is 2.42. The van der Waals surface area contributed by atoms with Crippen LogP contribution in [0.4, 0.5) is 0 Å². The fourth-order valence-electron chi connectivity index (χ4n) is 2.98. The Labute approximate surface area is 133 Å². The molecule has 1 aromatic rings. The fraction of sp³-hybridized carbons (Fsp3) is 0.412. The van der Waals surface area contributed by atoms with Gasteiger partial charge in [-0.05, 0) is 38.3 Å². The van der Waals surface area contributed by atoms with Crippen LogP contribution in [0.1, 0.15) is 53.3 Å². The highest BCUT2D eigenvalue weighted by Crippen LogP contribution is 2.25. The average molecular weight is 315 g/mol. The second-order valence-corrected chi connectivity index (χ2v) is 5.84. The zero-order chi connectivity index (χ0) is 16.6. The summed E-state index contributed by atoms with van der Waals surface area (Å²) in [5, 5.41) is 0. The number of fused-ring (bicyclic) bond motifs is 1. The van der Waals surface area contributed by atoms with E-state index in [9.17, 15) is 19.2 Å². The van der Waals surface area contributed by atoms with Crippen LogP contribution < -0.4 is 0 Å². The summed E-state index contributed by atoms with van der Waals surface area (Å²) in [6.45, 7) is 1.44. The third kappa shape index (κ3) is 2.65. The SMILES string of the molecule is C[C@H](C(=O)O[C@H]1CCCCC1=O)N1C(=O)c2ccccc2C1=O. The number of carbonyl (C=O) groups is 4. The van der Waals surface area contributed by atoms with Crippen molar-refractivity contribution in [3.8, 4) is 0 Å². The molecular formula is C17H17NO5. The lowest BCUT2D eigenvalue weighted by Crippen LogP contribution is -2.45. The topological polar surface area (TPSA) is 80.8 Å². The van der Waals surface area contributed by atoms with Crippen LogP contribution in [0.15, 0.2) is 24.3 Å². The Balaban J connectivity index is 1.74. The zero-order valence-electron chi connectivity index (χ0n) is 12.8. The van der Waals surface area contributed by atoms with Gasteiger partial charge in [0.05, 0.1) is 11.1 Å². The molecule has 0 N–H and O–H groups in total. The minimum atomic E-state index is -1.06. The molecule has 1 aliphatic heterocycles. The molecule has 0 unspecified atom stereocenters. The number of carbonyl (C=O) groups excluding carboxylic acids is 4. The normalized spacial score (nSPS) is 22.0. The number of hydrogen-bond donors (Lipinski definition) is 0. The largest absolute Gasteiger partial charge is 0.453 e. The van der Waals surface area contributed by atoms with Crippen molar-refractivity contribution in [2.24, 2.45) is 0 Å². The molecule has 1 heterocycles. The number of nitrogens with zero attached hydrogens (tertiary/aromatic N) is 1. The van der Waals surface area contributed by atoms with E-state index in [1.54, 1.807) is 24.3 Å². The van der Waals surface area contributed by atoms with Crippen molar-refractivity contribution in [3.63, 3.8) is 0 Å². The fourth-order valence-corrected chi connectivity index (χ4v) is 2.98. The van der Waals surface area contributed by atoms with Crippen LogP contribution in [0.25, 0.3) is 0 Å². The maximum absolute atomic E-state index is 12.3. The molecule has 6 nitrogen and oxygen atoms in total. The number of Topliss-reactive ketones (excluding diaryl/α,β-unsaturated/α-hetero) is 1. The van der Waals surface area contributed by atoms with Gasteiger partial charge in [0.1, 0.15) is 6.04 Å². The Bertz CT molecular complexity index is 661. The smallest absolute Gasteiger partial charge is 0.329 e. The van der Waals surface area contributed by atoms with Gasteiger partial charge in [-0.1, -0.05) is 12.1 Å². The molecule has 120 valence electrons. The molecule has 0 saturated heterocycles. The number of benzene rings is 1. The Morgan fingerprint density at radius 2 is 1.74 bits per heavy atom. The van der Waals surface area contributed by atoms with Crippen LogP contribution in [-0.2, 0) is 14.3 Å². The van der Waals surface area contributed by atoms with Gasteiger partial charge in [-0.25, -0.2) is 4.79 Å². The van der Waals surface area contributed by atoms with Crippen molar-refractivity contribution < 1.29 is 23.9 Å². The second kappa shape index (κ2) is 5.95. The molecule has 0 spiro atoms. The van der Waals surface area contributed by atoms with E-state index >= 15 is 0 Å². The predicted octanol–water partition coefficient (Wildman–Crippen LogP) is 1.73. The average Bonchev–Trinajstić information content (AvgIpc) is 2.81. The molecule has 1 saturated carbocycles. The van der Waals surface area contributed by atoms with E-state index in [0.717, 1.165) is 17.7 Å². The molecule has 2 atom stereocenters. The monoisotopic (exact) mass is 315 g/mol. The Kier molecular flexibility index (Phi) is 3.98. The highest BCUT2D eigenvalue weighted by atomic mass is 16.5. The standard InChI is InChI=1S/C17H17NO5/c1-10(17(22)23-14-9-5-4-8-13(14)19)18-15(20)11-6-2-3-7-12(11)16(18)21/h2-3,6-7,10,14H,4-5,8-9H2,1H3/t10-,14+/m1/s1. The van der Waals surface area contributed by atoms with Gasteiger partial charge in [-0.3, -0.25) is 19.3 Å². The Hall–Kier alpha value is -2.50. The van der Waals surface area contributed by atoms with Crippen LogP contribution in [0.5, 0.6) is 0 Å². The minimum Gasteiger partial charge on any atom is -0.453 e. The van der Waals surface area contributed by atoms with Crippen LogP contribution in [-0.4, -0.2) is 40.6 Å². The van der Waals surface area contributed by atoms with Crippen LogP contribution in [0.3, 0.4) is 0 Å². The van der Waals surface area contributed by atoms with E-state index in [1.807, 2.05) is 0 Å². The van der Waals surface area contributed by atoms with Gasteiger partial charge in [-0.15, -0.1) is 0 Å². The van der Waals surface area contributed by atoms with Crippen molar-refractivity contribution in [2.45, 2.75) is 44.8 Å². The number of ether oxygens (including phenoxy) is 1. The van der Waals surface area contributed by atoms with Crippen LogP contribution >= 0.6 is 0 Å². The van der Waals surface area contributed by atoms with Gasteiger partial charge in [0.2, 0.25) is 0 Å². The van der Waals surface area contributed by atoms with Crippen LogP contribution in [0, 0.1) is 0 Å². The lowest BCUT2D eigenvalue weighted by atomic mass is 9.96. The third-order valence-corrected chi connectivity index (χ3v) is 4.31. The Morgan fingerprint density at radius 1 is 1.13 bits per heavy atom. The molecular weight excluding hydrogens is 298 g/mol. The molecule has 2 amide bonds. The summed E-state index contributed by atoms with van der Waals surface area (Å²) in [6, 6.07) is 5.38. The summed E-state index contributed by atoms with van der Waals surface area (Å²) < 4.78 is 5.24. The van der Waals surface area contributed by atoms with E-state index in [1.165, 1.54) is 6.92 Å². The summed E-state index contributed by atoms with van der Waals surface area (Å²) in [5.41, 5.74) is 0.566. The lowest BCUT2D eigenvalue weighted by Gasteiger charge is -2.25. The number of ketones is 1. The molecule has 0 aromatic heterocycles. The zero-order valence-corrected chi connectivity index (χ0v) is 12.8. The number of esters is 1. The van der Waals surface area contributed by atoms with Gasteiger partial charge in [-0.2, -0.15) is 0 Å². The first-order valence-corrected chi connectivity index (χ1v) is 7.71. The van der Waals surface area contributed by atoms with Gasteiger partial charge in [0, 0.05) is 6.42 Å². The van der Waals surface area contributed by atoms with E-state index in [0.29, 0.717) is 12.8 Å². The summed E-state index contributed by atoms with van der Waals surface area (Å²) in [6.07, 6.45) is 1.78. The van der Waals surface area contributed by atoms with Crippen LogP contribution in [0.2, 0.25) is 0 Å². The van der Waals surface area contributed by atoms with E-state index < -0.39 is 29.9 Å². The maximum atomic E-state index is 12.3. The third-order valence-electron chi connectivity index (χ3n) is 4.31. The molecule has 1 fully saturated rings. The first-order valence-electron chi connectivity index (χ1n) is 7.71. The number of amides is 2. The maximum Gasteiger partial charge on any atom is 0.329 e. The first kappa shape index (κ1) is 15.4. The van der Waals surface area contributed by atoms with Gasteiger partial charge >= 0.3 is 5.97 Å². The van der Waals surface area contributed by atoms with Crippen molar-refractivity contribution in [1.82, 2.24) is 4.90 Å². The molecule has 1 aliphatic carbocycles. The van der Waals surface area contributed by atoms with Crippen molar-refractivity contribution in [1.29, 1.82) is 0 Å². The molecule has 3 rings (SSSR count). The summed E-state index contributed by atoms with van der Waals surface area (Å²) in [5.74, 6) is -1.84. The first-order chi connectivity index (χ1) is 11.0. The number of imide groups is 1. The highest BCUT2D eigenvalue weighted by molar-refractivity contribution is 6.22. The number of rotatable bonds is 3. The molecule has 0 radical (unpaired) electrons. The van der Waals surface area contributed by atoms with Gasteiger partial charge in [0.15, 0.2) is 11.9 Å². The van der Waals surface area contributed by atoms with Crippen molar-refractivity contribution in [2.75, 3.05) is 0 Å². The van der Waals surface area contributed by atoms with Crippen molar-refractivity contribution in [3.05, 3.63) is 35.4 Å². The molecule has 23 heavy (non-hydrogen) atoms. The molecule has 1 aromatic carbocycles. The van der Waals surface area contributed by atoms with Gasteiger partial charge in [0.25, 0.3) is 11.8 Å². The molecule has 6 heteroatoms. The van der Waals surface area contributed by atoms with E-state index in [4.69, 9.17) is 4.74 Å². The summed E-state index contributed by atoms with van der Waals surface area (Å²) in [7, 11) is 0. The lowest BCUT2D eigenvalue weighted by molar-refractivity contribution is -0.159. The quantitative estimate of drug-likeness (QED) is 0.627. The van der Waals surface area contributed by atoms with E-state index in [2.05, 4.69) is 0 Å². The second-order valence-electron chi connectivity index (χ2n) is 5.84. The molecule has 0 bridgehead atoms. The Morgan fingerprint density at radius 3 is 2.30 bits per heavy atom. The summed E-state index contributed by atoms with van der Waals surface area (Å²) in [4.78, 5) is 49.6. The van der Waals surface area contributed by atoms with E-state index in [-0.39, 0.29) is 16.9 Å². The van der Waals surface area contributed by atoms with Gasteiger partial charge < -0.3 is 4.74 Å². The van der Waals surface area contributed by atoms with Crippen molar-refractivity contribution >= 4 is 23.6 Å².